The van der Waals surface area contributed by atoms with Crippen LogP contribution in [-0.2, 0) is 0 Å². The maximum absolute atomic E-state index is 5.90. The van der Waals surface area contributed by atoms with E-state index >= 15 is 0 Å². The molecule has 0 saturated heterocycles. The molecule has 2 aromatic rings. The maximum Gasteiger partial charge on any atom is 0.262 e. The van der Waals surface area contributed by atoms with Crippen LogP contribution in [0.5, 0.6) is 0 Å². The van der Waals surface area contributed by atoms with E-state index in [4.69, 9.17) is 16.1 Å². The second-order valence-corrected chi connectivity index (χ2v) is 3.43. The molecule has 2 heterocycles. The fraction of sp³-hybridized carbons (Fsp3) is 0.375. The van der Waals surface area contributed by atoms with Crippen molar-refractivity contribution in [2.24, 2.45) is 0 Å². The topological polar surface area (TPSA) is 51.8 Å². The molecule has 0 spiro atoms. The van der Waals surface area contributed by atoms with Crippen LogP contribution in [0.1, 0.15) is 25.6 Å². The van der Waals surface area contributed by atoms with Crippen molar-refractivity contribution in [1.29, 1.82) is 0 Å². The lowest BCUT2D eigenvalue weighted by Gasteiger charge is -2.01. The summed E-state index contributed by atoms with van der Waals surface area (Å²) in [5.74, 6) is 0.904. The highest BCUT2D eigenvalue weighted by atomic mass is 35.5. The normalized spacial score (nSPS) is 11.4. The summed E-state index contributed by atoms with van der Waals surface area (Å²) >= 11 is 5.90. The van der Waals surface area contributed by atoms with E-state index in [9.17, 15) is 0 Å². The van der Waals surface area contributed by atoms with Crippen molar-refractivity contribution in [2.45, 2.75) is 19.8 Å². The largest absolute Gasteiger partial charge is 0.336 e. The van der Waals surface area contributed by atoms with E-state index < -0.39 is 0 Å². The molecule has 0 amide bonds. The number of rotatable bonds is 1. The molecule has 0 aliphatic heterocycles. The van der Waals surface area contributed by atoms with Gasteiger partial charge < -0.3 is 4.52 Å². The average molecular weight is 198 g/mol. The van der Waals surface area contributed by atoms with E-state index in [0.29, 0.717) is 22.1 Å². The Morgan fingerprint density at radius 2 is 2.15 bits per heavy atom. The zero-order valence-electron chi connectivity index (χ0n) is 7.28. The first kappa shape index (κ1) is 8.44. The van der Waals surface area contributed by atoms with Crippen LogP contribution >= 0.6 is 11.6 Å². The summed E-state index contributed by atoms with van der Waals surface area (Å²) in [4.78, 5) is 8.30. The summed E-state index contributed by atoms with van der Waals surface area (Å²) in [6.07, 6.45) is 1.52. The molecule has 4 nitrogen and oxygen atoms in total. The van der Waals surface area contributed by atoms with Crippen LogP contribution in [0.4, 0.5) is 0 Å². The summed E-state index contributed by atoms with van der Waals surface area (Å²) < 4.78 is 4.90. The number of halogens is 1. The fourth-order valence-electron chi connectivity index (χ4n) is 1.00. The fourth-order valence-corrected chi connectivity index (χ4v) is 1.22. The Morgan fingerprint density at radius 3 is 2.85 bits per heavy atom. The van der Waals surface area contributed by atoms with Crippen molar-refractivity contribution in [3.8, 4) is 0 Å². The molecule has 0 aliphatic rings. The van der Waals surface area contributed by atoms with E-state index in [1.807, 2.05) is 13.8 Å². The van der Waals surface area contributed by atoms with E-state index in [1.165, 1.54) is 6.20 Å². The molecule has 0 atom stereocenters. The van der Waals surface area contributed by atoms with Crippen molar-refractivity contribution in [3.05, 3.63) is 17.2 Å². The molecule has 0 aromatic carbocycles. The van der Waals surface area contributed by atoms with Crippen LogP contribution in [0.15, 0.2) is 10.7 Å². The smallest absolute Gasteiger partial charge is 0.262 e. The SMILES string of the molecule is CC(C)c1nc(Cl)c2cnoc2n1. The monoisotopic (exact) mass is 197 g/mol. The molecular weight excluding hydrogens is 190 g/mol. The quantitative estimate of drug-likeness (QED) is 0.659. The van der Waals surface area contributed by atoms with Crippen molar-refractivity contribution in [3.63, 3.8) is 0 Å². The first-order valence-corrected chi connectivity index (χ1v) is 4.34. The summed E-state index contributed by atoms with van der Waals surface area (Å²) in [5.41, 5.74) is 0.448. The average Bonchev–Trinajstić information content (AvgIpc) is 2.51. The molecule has 0 N–H and O–H groups in total. The minimum atomic E-state index is 0.229. The molecule has 0 bridgehead atoms. The van der Waals surface area contributed by atoms with Gasteiger partial charge in [0.25, 0.3) is 5.71 Å². The number of nitrogens with zero attached hydrogens (tertiary/aromatic N) is 3. The second-order valence-electron chi connectivity index (χ2n) is 3.07. The molecular formula is C8H8ClN3O. The Kier molecular flexibility index (Phi) is 1.92. The number of aromatic nitrogens is 3. The molecule has 0 unspecified atom stereocenters. The van der Waals surface area contributed by atoms with E-state index in [0.717, 1.165) is 0 Å². The third-order valence-corrected chi connectivity index (χ3v) is 2.01. The van der Waals surface area contributed by atoms with Gasteiger partial charge in [0.15, 0.2) is 0 Å². The Bertz CT molecular complexity index is 438. The van der Waals surface area contributed by atoms with Crippen LogP contribution in [0.2, 0.25) is 5.15 Å². The van der Waals surface area contributed by atoms with E-state index in [2.05, 4.69) is 15.1 Å². The van der Waals surface area contributed by atoms with Gasteiger partial charge in [-0.2, -0.15) is 4.98 Å². The molecule has 68 valence electrons. The Balaban J connectivity index is 2.70. The van der Waals surface area contributed by atoms with Gasteiger partial charge in [0, 0.05) is 5.92 Å². The highest BCUT2D eigenvalue weighted by Gasteiger charge is 2.11. The minimum absolute atomic E-state index is 0.229. The van der Waals surface area contributed by atoms with Gasteiger partial charge in [0.2, 0.25) is 0 Å². The Labute approximate surface area is 79.9 Å². The van der Waals surface area contributed by atoms with Crippen LogP contribution in [-0.4, -0.2) is 15.1 Å². The lowest BCUT2D eigenvalue weighted by Crippen LogP contribution is -1.97. The molecule has 13 heavy (non-hydrogen) atoms. The highest BCUT2D eigenvalue weighted by molar-refractivity contribution is 6.33. The number of hydrogen-bond acceptors (Lipinski definition) is 4. The van der Waals surface area contributed by atoms with Gasteiger partial charge in [-0.25, -0.2) is 4.98 Å². The summed E-state index contributed by atoms with van der Waals surface area (Å²) in [6.45, 7) is 3.99. The van der Waals surface area contributed by atoms with Crippen LogP contribution in [0.25, 0.3) is 11.1 Å². The summed E-state index contributed by atoms with van der Waals surface area (Å²) in [5, 5.41) is 4.66. The maximum atomic E-state index is 5.90. The summed E-state index contributed by atoms with van der Waals surface area (Å²) in [7, 11) is 0. The lowest BCUT2D eigenvalue weighted by molar-refractivity contribution is 0.447. The van der Waals surface area contributed by atoms with Crippen LogP contribution in [0.3, 0.4) is 0 Å². The van der Waals surface area contributed by atoms with Crippen molar-refractivity contribution >= 4 is 22.7 Å². The molecule has 0 radical (unpaired) electrons. The number of fused-ring (bicyclic) bond motifs is 1. The van der Waals surface area contributed by atoms with Gasteiger partial charge in [0.05, 0.1) is 11.6 Å². The van der Waals surface area contributed by atoms with Crippen molar-refractivity contribution in [1.82, 2.24) is 15.1 Å². The summed E-state index contributed by atoms with van der Waals surface area (Å²) in [6, 6.07) is 0. The van der Waals surface area contributed by atoms with E-state index in [-0.39, 0.29) is 5.92 Å². The Hall–Kier alpha value is -1.16. The van der Waals surface area contributed by atoms with Crippen molar-refractivity contribution in [2.75, 3.05) is 0 Å². The lowest BCUT2D eigenvalue weighted by atomic mass is 10.2. The zero-order valence-corrected chi connectivity index (χ0v) is 8.04. The molecule has 0 aliphatic carbocycles. The molecule has 0 fully saturated rings. The van der Waals surface area contributed by atoms with Gasteiger partial charge in [-0.15, -0.1) is 0 Å². The van der Waals surface area contributed by atoms with E-state index in [1.54, 1.807) is 0 Å². The Morgan fingerprint density at radius 1 is 1.38 bits per heavy atom. The molecule has 5 heteroatoms. The number of hydrogen-bond donors (Lipinski definition) is 0. The first-order valence-electron chi connectivity index (χ1n) is 3.96. The van der Waals surface area contributed by atoms with Crippen LogP contribution in [0, 0.1) is 0 Å². The second kappa shape index (κ2) is 2.96. The van der Waals surface area contributed by atoms with Crippen LogP contribution < -0.4 is 0 Å². The van der Waals surface area contributed by atoms with Gasteiger partial charge >= 0.3 is 0 Å². The molecule has 2 rings (SSSR count). The standard InChI is InChI=1S/C8H8ClN3O/c1-4(2)7-11-6(9)5-3-10-13-8(5)12-7/h3-4H,1-2H3. The predicted molar refractivity (Wildman–Crippen MR) is 48.7 cm³/mol. The molecule has 2 aromatic heterocycles. The van der Waals surface area contributed by atoms with Gasteiger partial charge in [0.1, 0.15) is 11.0 Å². The molecule has 0 saturated carbocycles. The third-order valence-electron chi connectivity index (χ3n) is 1.72. The van der Waals surface area contributed by atoms with Gasteiger partial charge in [-0.05, 0) is 0 Å². The zero-order chi connectivity index (χ0) is 9.42. The predicted octanol–water partition coefficient (Wildman–Crippen LogP) is 2.39. The van der Waals surface area contributed by atoms with Gasteiger partial charge in [-0.1, -0.05) is 30.6 Å². The highest BCUT2D eigenvalue weighted by Crippen LogP contribution is 2.21. The first-order chi connectivity index (χ1) is 6.18. The van der Waals surface area contributed by atoms with Crippen molar-refractivity contribution < 1.29 is 4.52 Å². The van der Waals surface area contributed by atoms with Gasteiger partial charge in [-0.3, -0.25) is 0 Å². The minimum Gasteiger partial charge on any atom is -0.336 e. The third kappa shape index (κ3) is 1.37.